The Kier molecular flexibility index (Phi) is 5.86. The molecule has 1 heterocycles. The Morgan fingerprint density at radius 3 is 2.57 bits per heavy atom. The molecule has 156 valence electrons. The Morgan fingerprint density at radius 2 is 1.90 bits per heavy atom. The van der Waals surface area contributed by atoms with E-state index in [1.807, 2.05) is 0 Å². The van der Waals surface area contributed by atoms with E-state index in [4.69, 9.17) is 5.11 Å². The van der Waals surface area contributed by atoms with Crippen LogP contribution >= 0.6 is 0 Å². The van der Waals surface area contributed by atoms with Gasteiger partial charge in [0, 0.05) is 23.2 Å². The Bertz CT molecular complexity index is 1150. The topological polar surface area (TPSA) is 109 Å². The minimum atomic E-state index is -1.03. The molecule has 8 heteroatoms. The minimum absolute atomic E-state index is 0.0241. The third-order valence-corrected chi connectivity index (χ3v) is 4.98. The molecule has 0 saturated heterocycles. The van der Waals surface area contributed by atoms with Gasteiger partial charge in [-0.3, -0.25) is 19.0 Å². The monoisotopic (exact) mass is 412 g/mol. The molecule has 1 atom stereocenters. The standard InChI is InChI=1S/C22H21FN2O5/c1-12(21(29)24-9-8-19(27)28)20-13(2)25(18-7-6-16(26)11-17(18)20)22(30)14-4-3-5-15(23)10-14/h3-7,10-12,26H,8-9H2,1-2H3,(H,24,29)(H,27,28)/t12-/m0/s1. The van der Waals surface area contributed by atoms with Crippen molar-refractivity contribution in [2.75, 3.05) is 6.54 Å². The second-order valence-electron chi connectivity index (χ2n) is 7.01. The number of benzene rings is 2. The Balaban J connectivity index is 2.08. The lowest BCUT2D eigenvalue weighted by atomic mass is 9.97. The molecule has 0 saturated carbocycles. The van der Waals surface area contributed by atoms with E-state index in [2.05, 4.69) is 5.32 Å². The largest absolute Gasteiger partial charge is 0.508 e. The second-order valence-corrected chi connectivity index (χ2v) is 7.01. The summed E-state index contributed by atoms with van der Waals surface area (Å²) in [6.45, 7) is 3.28. The lowest BCUT2D eigenvalue weighted by Crippen LogP contribution is -2.30. The van der Waals surface area contributed by atoms with Crippen molar-refractivity contribution in [3.05, 3.63) is 65.1 Å². The van der Waals surface area contributed by atoms with Crippen LogP contribution in [0.2, 0.25) is 0 Å². The summed E-state index contributed by atoms with van der Waals surface area (Å²) in [6, 6.07) is 9.77. The van der Waals surface area contributed by atoms with Crippen molar-refractivity contribution in [2.45, 2.75) is 26.2 Å². The van der Waals surface area contributed by atoms with Crippen LogP contribution in [-0.4, -0.2) is 39.1 Å². The first-order valence-electron chi connectivity index (χ1n) is 9.34. The van der Waals surface area contributed by atoms with Crippen LogP contribution in [-0.2, 0) is 9.59 Å². The van der Waals surface area contributed by atoms with E-state index in [-0.39, 0.29) is 24.3 Å². The number of aromatic nitrogens is 1. The molecule has 3 rings (SSSR count). The van der Waals surface area contributed by atoms with E-state index in [1.54, 1.807) is 19.9 Å². The molecule has 0 aliphatic heterocycles. The predicted molar refractivity (Wildman–Crippen MR) is 108 cm³/mol. The lowest BCUT2D eigenvalue weighted by Gasteiger charge is -2.13. The van der Waals surface area contributed by atoms with Gasteiger partial charge in [-0.2, -0.15) is 0 Å². The van der Waals surface area contributed by atoms with Crippen LogP contribution in [0.1, 0.15) is 40.9 Å². The van der Waals surface area contributed by atoms with E-state index in [9.17, 15) is 23.9 Å². The number of halogens is 1. The molecule has 3 N–H and O–H groups in total. The molecule has 7 nitrogen and oxygen atoms in total. The number of aromatic hydroxyl groups is 1. The summed E-state index contributed by atoms with van der Waals surface area (Å²) in [5.41, 5.74) is 1.62. The SMILES string of the molecule is Cc1c([C@H](C)C(=O)NCCC(=O)O)c2cc(O)ccc2n1C(=O)c1cccc(F)c1. The van der Waals surface area contributed by atoms with Gasteiger partial charge in [0.25, 0.3) is 5.91 Å². The van der Waals surface area contributed by atoms with Gasteiger partial charge in [-0.05, 0) is 55.8 Å². The number of phenolic OH excluding ortho intramolecular Hbond substituents is 1. The number of phenols is 1. The van der Waals surface area contributed by atoms with Gasteiger partial charge < -0.3 is 15.5 Å². The first kappa shape index (κ1) is 21.0. The Morgan fingerprint density at radius 1 is 1.17 bits per heavy atom. The smallest absolute Gasteiger partial charge is 0.305 e. The van der Waals surface area contributed by atoms with Gasteiger partial charge in [0.1, 0.15) is 11.6 Å². The molecule has 0 aliphatic carbocycles. The zero-order valence-electron chi connectivity index (χ0n) is 16.5. The fourth-order valence-corrected chi connectivity index (χ4v) is 3.57. The number of carboxylic acid groups (broad SMARTS) is 1. The normalized spacial score (nSPS) is 12.0. The van der Waals surface area contributed by atoms with Gasteiger partial charge >= 0.3 is 5.97 Å². The molecule has 0 unspecified atom stereocenters. The van der Waals surface area contributed by atoms with Crippen molar-refractivity contribution in [1.82, 2.24) is 9.88 Å². The minimum Gasteiger partial charge on any atom is -0.508 e. The predicted octanol–water partition coefficient (Wildman–Crippen LogP) is 3.18. The molecular weight excluding hydrogens is 391 g/mol. The van der Waals surface area contributed by atoms with Gasteiger partial charge in [-0.25, -0.2) is 4.39 Å². The first-order chi connectivity index (χ1) is 14.2. The van der Waals surface area contributed by atoms with Crippen LogP contribution < -0.4 is 5.32 Å². The average Bonchev–Trinajstić information content (AvgIpc) is 2.97. The van der Waals surface area contributed by atoms with Gasteiger partial charge in [0.05, 0.1) is 17.9 Å². The Hall–Kier alpha value is -3.68. The Labute approximate surface area is 171 Å². The summed E-state index contributed by atoms with van der Waals surface area (Å²) in [7, 11) is 0. The van der Waals surface area contributed by atoms with Crippen molar-refractivity contribution in [1.29, 1.82) is 0 Å². The summed E-state index contributed by atoms with van der Waals surface area (Å²) in [5, 5.41) is 21.8. The molecule has 1 aromatic heterocycles. The third kappa shape index (κ3) is 4.03. The van der Waals surface area contributed by atoms with E-state index in [1.165, 1.54) is 34.9 Å². The number of amides is 1. The molecule has 0 bridgehead atoms. The van der Waals surface area contributed by atoms with Crippen molar-refractivity contribution >= 4 is 28.7 Å². The van der Waals surface area contributed by atoms with Gasteiger partial charge in [-0.15, -0.1) is 0 Å². The molecule has 30 heavy (non-hydrogen) atoms. The van der Waals surface area contributed by atoms with Crippen LogP contribution in [0.4, 0.5) is 4.39 Å². The molecule has 0 fully saturated rings. The number of aliphatic carboxylic acids is 1. The second kappa shape index (κ2) is 8.36. The van der Waals surface area contributed by atoms with E-state index in [0.717, 1.165) is 6.07 Å². The van der Waals surface area contributed by atoms with Crippen molar-refractivity contribution in [3.63, 3.8) is 0 Å². The van der Waals surface area contributed by atoms with Crippen molar-refractivity contribution in [2.24, 2.45) is 0 Å². The maximum absolute atomic E-state index is 13.6. The number of carbonyl (C=O) groups excluding carboxylic acids is 2. The lowest BCUT2D eigenvalue weighted by molar-refractivity contribution is -0.136. The summed E-state index contributed by atoms with van der Waals surface area (Å²) >= 11 is 0. The first-order valence-corrected chi connectivity index (χ1v) is 9.34. The summed E-state index contributed by atoms with van der Waals surface area (Å²) in [4.78, 5) is 36.4. The number of carbonyl (C=O) groups is 3. The number of rotatable bonds is 6. The van der Waals surface area contributed by atoms with E-state index >= 15 is 0 Å². The van der Waals surface area contributed by atoms with Crippen LogP contribution in [0.5, 0.6) is 5.75 Å². The molecule has 0 aliphatic rings. The van der Waals surface area contributed by atoms with Gasteiger partial charge in [0.2, 0.25) is 5.91 Å². The van der Waals surface area contributed by atoms with E-state index < -0.39 is 29.5 Å². The maximum atomic E-state index is 13.6. The highest BCUT2D eigenvalue weighted by Crippen LogP contribution is 2.34. The highest BCUT2D eigenvalue weighted by molar-refractivity contribution is 6.05. The zero-order valence-corrected chi connectivity index (χ0v) is 16.5. The third-order valence-electron chi connectivity index (χ3n) is 4.98. The van der Waals surface area contributed by atoms with Crippen LogP contribution in [0, 0.1) is 12.7 Å². The highest BCUT2D eigenvalue weighted by atomic mass is 19.1. The van der Waals surface area contributed by atoms with E-state index in [0.29, 0.717) is 22.2 Å². The number of nitrogens with one attached hydrogen (secondary N) is 1. The number of hydrogen-bond acceptors (Lipinski definition) is 4. The van der Waals surface area contributed by atoms with Crippen LogP contribution in [0.15, 0.2) is 42.5 Å². The van der Waals surface area contributed by atoms with Crippen molar-refractivity contribution < 1.29 is 29.0 Å². The summed E-state index contributed by atoms with van der Waals surface area (Å²) in [6.07, 6.45) is -0.210. The fourth-order valence-electron chi connectivity index (χ4n) is 3.57. The number of carboxylic acids is 1. The van der Waals surface area contributed by atoms with Crippen LogP contribution in [0.3, 0.4) is 0 Å². The van der Waals surface area contributed by atoms with Gasteiger partial charge in [-0.1, -0.05) is 6.07 Å². The molecule has 0 radical (unpaired) electrons. The summed E-state index contributed by atoms with van der Waals surface area (Å²) < 4.78 is 15.0. The maximum Gasteiger partial charge on any atom is 0.305 e. The van der Waals surface area contributed by atoms with Gasteiger partial charge in [0.15, 0.2) is 0 Å². The number of nitrogens with zero attached hydrogens (tertiary/aromatic N) is 1. The van der Waals surface area contributed by atoms with Crippen molar-refractivity contribution in [3.8, 4) is 5.75 Å². The fraction of sp³-hybridized carbons (Fsp3) is 0.227. The number of hydrogen-bond donors (Lipinski definition) is 3. The molecule has 0 spiro atoms. The highest BCUT2D eigenvalue weighted by Gasteiger charge is 2.27. The molecule has 2 aromatic carbocycles. The number of fused-ring (bicyclic) bond motifs is 1. The quantitative estimate of drug-likeness (QED) is 0.576. The molecular formula is C22H21FN2O5. The van der Waals surface area contributed by atoms with Crippen LogP contribution in [0.25, 0.3) is 10.9 Å². The zero-order chi connectivity index (χ0) is 22.0. The molecule has 3 aromatic rings. The summed E-state index contributed by atoms with van der Waals surface area (Å²) in [5.74, 6) is -3.19. The molecule has 1 amide bonds. The average molecular weight is 412 g/mol.